The van der Waals surface area contributed by atoms with E-state index in [0.29, 0.717) is 0 Å². The van der Waals surface area contributed by atoms with Crippen LogP contribution in [0, 0.1) is 0 Å². The number of nitrogens with one attached hydrogen (secondary N) is 1. The van der Waals surface area contributed by atoms with Gasteiger partial charge in [0.05, 0.1) is 21.9 Å². The molecule has 4 nitrogen and oxygen atoms in total. The van der Waals surface area contributed by atoms with Crippen molar-refractivity contribution in [3.63, 3.8) is 0 Å². The summed E-state index contributed by atoms with van der Waals surface area (Å²) >= 11 is 1.68. The SMILES string of the molecule is CCn1ncc2ccc3nc(NC)sc3c21. The molecule has 1 aromatic carbocycles. The zero-order valence-electron chi connectivity index (χ0n) is 9.19. The molecule has 16 heavy (non-hydrogen) atoms. The fourth-order valence-corrected chi connectivity index (χ4v) is 2.88. The van der Waals surface area contributed by atoms with E-state index in [2.05, 4.69) is 34.5 Å². The number of anilines is 1. The third kappa shape index (κ3) is 1.21. The Labute approximate surface area is 96.9 Å². The fourth-order valence-electron chi connectivity index (χ4n) is 1.90. The van der Waals surface area contributed by atoms with Gasteiger partial charge in [-0.15, -0.1) is 0 Å². The molecule has 2 aromatic heterocycles. The number of aryl methyl sites for hydroxylation is 1. The van der Waals surface area contributed by atoms with Gasteiger partial charge in [0.15, 0.2) is 5.13 Å². The van der Waals surface area contributed by atoms with E-state index in [0.717, 1.165) is 17.2 Å². The van der Waals surface area contributed by atoms with E-state index in [1.807, 2.05) is 17.9 Å². The quantitative estimate of drug-likeness (QED) is 0.738. The largest absolute Gasteiger partial charge is 0.365 e. The molecule has 0 aliphatic carbocycles. The maximum atomic E-state index is 4.50. The van der Waals surface area contributed by atoms with Crippen LogP contribution in [0.25, 0.3) is 21.1 Å². The van der Waals surface area contributed by atoms with Crippen LogP contribution >= 0.6 is 11.3 Å². The topological polar surface area (TPSA) is 42.7 Å². The van der Waals surface area contributed by atoms with Crippen LogP contribution in [-0.4, -0.2) is 21.8 Å². The summed E-state index contributed by atoms with van der Waals surface area (Å²) in [6.07, 6.45) is 1.91. The Hall–Kier alpha value is -1.62. The van der Waals surface area contributed by atoms with Gasteiger partial charge >= 0.3 is 0 Å². The zero-order chi connectivity index (χ0) is 11.1. The molecule has 0 atom stereocenters. The van der Waals surface area contributed by atoms with Crippen LogP contribution in [0.15, 0.2) is 18.3 Å². The molecule has 0 aliphatic heterocycles. The number of thiazole rings is 1. The maximum Gasteiger partial charge on any atom is 0.183 e. The summed E-state index contributed by atoms with van der Waals surface area (Å²) in [5, 5.41) is 9.59. The van der Waals surface area contributed by atoms with Gasteiger partial charge in [0, 0.05) is 19.0 Å². The minimum atomic E-state index is 0.884. The summed E-state index contributed by atoms with van der Waals surface area (Å²) in [6.45, 7) is 2.99. The van der Waals surface area contributed by atoms with Gasteiger partial charge in [-0.25, -0.2) is 4.98 Å². The van der Waals surface area contributed by atoms with Crippen LogP contribution in [0.1, 0.15) is 6.92 Å². The third-order valence-electron chi connectivity index (χ3n) is 2.67. The fraction of sp³-hybridized carbons (Fsp3) is 0.273. The van der Waals surface area contributed by atoms with Crippen molar-refractivity contribution >= 4 is 37.6 Å². The lowest BCUT2D eigenvalue weighted by Crippen LogP contribution is -1.94. The Balaban J connectivity index is 2.45. The second-order valence-corrected chi connectivity index (χ2v) is 4.58. The molecule has 0 fully saturated rings. The molecular weight excluding hydrogens is 220 g/mol. The van der Waals surface area contributed by atoms with Gasteiger partial charge in [0.25, 0.3) is 0 Å². The Morgan fingerprint density at radius 1 is 1.44 bits per heavy atom. The molecule has 0 saturated heterocycles. The van der Waals surface area contributed by atoms with Gasteiger partial charge in [-0.2, -0.15) is 5.10 Å². The van der Waals surface area contributed by atoms with Gasteiger partial charge in [0.1, 0.15) is 0 Å². The van der Waals surface area contributed by atoms with E-state index in [1.54, 1.807) is 11.3 Å². The Kier molecular flexibility index (Phi) is 2.07. The van der Waals surface area contributed by atoms with E-state index in [-0.39, 0.29) is 0 Å². The molecule has 0 saturated carbocycles. The van der Waals surface area contributed by atoms with Crippen LogP contribution in [-0.2, 0) is 6.54 Å². The van der Waals surface area contributed by atoms with Crippen molar-refractivity contribution in [2.75, 3.05) is 12.4 Å². The highest BCUT2D eigenvalue weighted by Crippen LogP contribution is 2.32. The molecule has 0 amide bonds. The minimum absolute atomic E-state index is 0.884. The first-order valence-corrected chi connectivity index (χ1v) is 6.08. The summed E-state index contributed by atoms with van der Waals surface area (Å²) in [6, 6.07) is 4.13. The third-order valence-corrected chi connectivity index (χ3v) is 3.77. The first-order chi connectivity index (χ1) is 7.83. The Bertz CT molecular complexity index is 652. The normalized spacial score (nSPS) is 11.4. The number of nitrogens with zero attached hydrogens (tertiary/aromatic N) is 3. The number of hydrogen-bond donors (Lipinski definition) is 1. The summed E-state index contributed by atoms with van der Waals surface area (Å²) in [7, 11) is 1.89. The Morgan fingerprint density at radius 3 is 3.06 bits per heavy atom. The lowest BCUT2D eigenvalue weighted by atomic mass is 10.2. The van der Waals surface area contributed by atoms with Crippen molar-refractivity contribution in [2.24, 2.45) is 0 Å². The number of rotatable bonds is 2. The predicted octanol–water partition coefficient (Wildman–Crippen LogP) is 2.71. The summed E-state index contributed by atoms with van der Waals surface area (Å²) in [5.74, 6) is 0. The number of benzene rings is 1. The Morgan fingerprint density at radius 2 is 2.31 bits per heavy atom. The first-order valence-electron chi connectivity index (χ1n) is 5.26. The average molecular weight is 232 g/mol. The molecule has 82 valence electrons. The molecule has 3 aromatic rings. The highest BCUT2D eigenvalue weighted by molar-refractivity contribution is 7.23. The van der Waals surface area contributed by atoms with Gasteiger partial charge in [-0.1, -0.05) is 11.3 Å². The van der Waals surface area contributed by atoms with E-state index in [9.17, 15) is 0 Å². The number of fused-ring (bicyclic) bond motifs is 3. The van der Waals surface area contributed by atoms with Crippen LogP contribution < -0.4 is 5.32 Å². The van der Waals surface area contributed by atoms with Crippen molar-refractivity contribution in [3.8, 4) is 0 Å². The molecule has 0 spiro atoms. The molecule has 0 bridgehead atoms. The second-order valence-electron chi connectivity index (χ2n) is 3.58. The van der Waals surface area contributed by atoms with Crippen LogP contribution in [0.2, 0.25) is 0 Å². The van der Waals surface area contributed by atoms with Crippen molar-refractivity contribution < 1.29 is 0 Å². The molecule has 2 heterocycles. The molecule has 0 radical (unpaired) electrons. The smallest absolute Gasteiger partial charge is 0.183 e. The highest BCUT2D eigenvalue weighted by atomic mass is 32.1. The molecule has 0 aliphatic rings. The summed E-state index contributed by atoms with van der Waals surface area (Å²) in [4.78, 5) is 4.50. The molecular formula is C11H12N4S. The van der Waals surface area contributed by atoms with E-state index in [4.69, 9.17) is 0 Å². The van der Waals surface area contributed by atoms with Crippen molar-refractivity contribution in [2.45, 2.75) is 13.5 Å². The lowest BCUT2D eigenvalue weighted by Gasteiger charge is -1.98. The second kappa shape index (κ2) is 3.45. The van der Waals surface area contributed by atoms with E-state index >= 15 is 0 Å². The lowest BCUT2D eigenvalue weighted by molar-refractivity contribution is 0.686. The predicted molar refractivity (Wildman–Crippen MR) is 68.1 cm³/mol. The standard InChI is InChI=1S/C11H12N4S/c1-3-15-9-7(6-13-15)4-5-8-10(9)16-11(12-2)14-8/h4-6H,3H2,1-2H3,(H,12,14). The van der Waals surface area contributed by atoms with Gasteiger partial charge in [0.2, 0.25) is 0 Å². The van der Waals surface area contributed by atoms with Gasteiger partial charge in [-0.05, 0) is 19.1 Å². The zero-order valence-corrected chi connectivity index (χ0v) is 10.0. The molecule has 5 heteroatoms. The van der Waals surface area contributed by atoms with Crippen LogP contribution in [0.3, 0.4) is 0 Å². The molecule has 1 N–H and O–H groups in total. The van der Waals surface area contributed by atoms with Crippen molar-refractivity contribution in [3.05, 3.63) is 18.3 Å². The van der Waals surface area contributed by atoms with Gasteiger partial charge < -0.3 is 5.32 Å². The highest BCUT2D eigenvalue weighted by Gasteiger charge is 2.10. The first kappa shape index (κ1) is 9.59. The number of aromatic nitrogens is 3. The minimum Gasteiger partial charge on any atom is -0.365 e. The van der Waals surface area contributed by atoms with Crippen molar-refractivity contribution in [1.29, 1.82) is 0 Å². The maximum absolute atomic E-state index is 4.50. The summed E-state index contributed by atoms with van der Waals surface area (Å²) < 4.78 is 3.23. The monoisotopic (exact) mass is 232 g/mol. The van der Waals surface area contributed by atoms with E-state index in [1.165, 1.54) is 15.6 Å². The van der Waals surface area contributed by atoms with Gasteiger partial charge in [-0.3, -0.25) is 4.68 Å². The number of hydrogen-bond acceptors (Lipinski definition) is 4. The molecule has 3 rings (SSSR count). The average Bonchev–Trinajstić information content (AvgIpc) is 2.91. The van der Waals surface area contributed by atoms with Crippen molar-refractivity contribution in [1.82, 2.24) is 14.8 Å². The molecule has 0 unspecified atom stereocenters. The van der Waals surface area contributed by atoms with E-state index < -0.39 is 0 Å². The van der Waals surface area contributed by atoms with Crippen LogP contribution in [0.4, 0.5) is 5.13 Å². The van der Waals surface area contributed by atoms with Crippen LogP contribution in [0.5, 0.6) is 0 Å². The summed E-state index contributed by atoms with van der Waals surface area (Å²) in [5.41, 5.74) is 2.23.